The van der Waals surface area contributed by atoms with Gasteiger partial charge in [-0.05, 0) is 24.9 Å². The van der Waals surface area contributed by atoms with Gasteiger partial charge in [0.25, 0.3) is 0 Å². The topological polar surface area (TPSA) is 12.0 Å². The van der Waals surface area contributed by atoms with Gasteiger partial charge < -0.3 is 5.32 Å². The molecule has 1 aromatic rings. The number of benzene rings is 1. The Bertz CT molecular complexity index is 377. The third kappa shape index (κ3) is 3.03. The van der Waals surface area contributed by atoms with Gasteiger partial charge in [0.05, 0.1) is 0 Å². The van der Waals surface area contributed by atoms with E-state index in [0.29, 0.717) is 11.1 Å². The standard InChI is InChI=1S/C14H21F2N/c1-5-9(3)14(17-6-2)11-8-7-10(4)12(15)13(11)16/h7-9,14,17H,5-6H2,1-4H3. The number of nitrogens with one attached hydrogen (secondary N) is 1. The third-order valence-electron chi connectivity index (χ3n) is 3.28. The van der Waals surface area contributed by atoms with Crippen molar-refractivity contribution < 1.29 is 8.78 Å². The Balaban J connectivity index is 3.14. The van der Waals surface area contributed by atoms with Crippen LogP contribution in [-0.2, 0) is 0 Å². The summed E-state index contributed by atoms with van der Waals surface area (Å²) in [6.45, 7) is 8.39. The van der Waals surface area contributed by atoms with Crippen LogP contribution in [0, 0.1) is 24.5 Å². The Morgan fingerprint density at radius 2 is 1.82 bits per heavy atom. The number of hydrogen-bond acceptors (Lipinski definition) is 1. The lowest BCUT2D eigenvalue weighted by atomic mass is 9.91. The Hall–Kier alpha value is -0.960. The molecule has 2 atom stereocenters. The molecule has 1 nitrogen and oxygen atoms in total. The predicted molar refractivity (Wildman–Crippen MR) is 67.0 cm³/mol. The van der Waals surface area contributed by atoms with Gasteiger partial charge in [0.15, 0.2) is 11.6 Å². The maximum absolute atomic E-state index is 13.9. The molecule has 96 valence electrons. The van der Waals surface area contributed by atoms with Crippen molar-refractivity contribution >= 4 is 0 Å². The van der Waals surface area contributed by atoms with Crippen LogP contribution in [0.15, 0.2) is 12.1 Å². The Labute approximate surface area is 102 Å². The summed E-state index contributed by atoms with van der Waals surface area (Å²) >= 11 is 0. The summed E-state index contributed by atoms with van der Waals surface area (Å²) < 4.78 is 27.5. The van der Waals surface area contributed by atoms with E-state index in [9.17, 15) is 8.78 Å². The Kier molecular flexibility index (Phi) is 5.06. The highest BCUT2D eigenvalue weighted by Crippen LogP contribution is 2.28. The van der Waals surface area contributed by atoms with Gasteiger partial charge in [-0.2, -0.15) is 0 Å². The van der Waals surface area contributed by atoms with Crippen molar-refractivity contribution in [3.8, 4) is 0 Å². The van der Waals surface area contributed by atoms with Gasteiger partial charge in [0.2, 0.25) is 0 Å². The molecule has 0 amide bonds. The highest BCUT2D eigenvalue weighted by Gasteiger charge is 2.22. The molecule has 2 unspecified atom stereocenters. The molecule has 0 aliphatic rings. The van der Waals surface area contributed by atoms with Crippen LogP contribution in [0.2, 0.25) is 0 Å². The predicted octanol–water partition coefficient (Wildman–Crippen LogP) is 3.97. The van der Waals surface area contributed by atoms with Gasteiger partial charge in [-0.1, -0.05) is 39.3 Å². The van der Waals surface area contributed by atoms with E-state index in [2.05, 4.69) is 12.2 Å². The molecule has 0 radical (unpaired) electrons. The van der Waals surface area contributed by atoms with Crippen LogP contribution in [0.3, 0.4) is 0 Å². The minimum atomic E-state index is -0.728. The summed E-state index contributed by atoms with van der Waals surface area (Å²) in [5, 5.41) is 3.23. The zero-order valence-electron chi connectivity index (χ0n) is 11.0. The zero-order valence-corrected chi connectivity index (χ0v) is 11.0. The lowest BCUT2D eigenvalue weighted by molar-refractivity contribution is 0.364. The second-order valence-electron chi connectivity index (χ2n) is 4.52. The zero-order chi connectivity index (χ0) is 13.0. The fraction of sp³-hybridized carbons (Fsp3) is 0.571. The average molecular weight is 241 g/mol. The summed E-state index contributed by atoms with van der Waals surface area (Å²) in [7, 11) is 0. The highest BCUT2D eigenvalue weighted by atomic mass is 19.2. The molecular weight excluding hydrogens is 220 g/mol. The smallest absolute Gasteiger partial charge is 0.163 e. The first-order chi connectivity index (χ1) is 8.02. The van der Waals surface area contributed by atoms with Crippen LogP contribution in [0.1, 0.15) is 44.4 Å². The lowest BCUT2D eigenvalue weighted by Crippen LogP contribution is -2.27. The Morgan fingerprint density at radius 1 is 1.18 bits per heavy atom. The van der Waals surface area contributed by atoms with Crippen LogP contribution in [0.4, 0.5) is 8.78 Å². The molecule has 1 rings (SSSR count). The van der Waals surface area contributed by atoms with E-state index in [1.807, 2.05) is 13.8 Å². The van der Waals surface area contributed by atoms with E-state index < -0.39 is 11.6 Å². The minimum Gasteiger partial charge on any atom is -0.310 e. The van der Waals surface area contributed by atoms with Crippen LogP contribution >= 0.6 is 0 Å². The van der Waals surface area contributed by atoms with E-state index in [4.69, 9.17) is 0 Å². The van der Waals surface area contributed by atoms with Crippen molar-refractivity contribution in [2.75, 3.05) is 6.54 Å². The van der Waals surface area contributed by atoms with E-state index in [0.717, 1.165) is 13.0 Å². The second-order valence-corrected chi connectivity index (χ2v) is 4.52. The second kappa shape index (κ2) is 6.10. The third-order valence-corrected chi connectivity index (χ3v) is 3.28. The molecule has 1 N–H and O–H groups in total. The van der Waals surface area contributed by atoms with Crippen molar-refractivity contribution in [2.45, 2.75) is 40.2 Å². The molecule has 0 saturated carbocycles. The summed E-state index contributed by atoms with van der Waals surface area (Å²) in [5.41, 5.74) is 0.787. The quantitative estimate of drug-likeness (QED) is 0.822. The molecular formula is C14H21F2N. The van der Waals surface area contributed by atoms with Crippen LogP contribution in [-0.4, -0.2) is 6.54 Å². The van der Waals surface area contributed by atoms with E-state index in [1.165, 1.54) is 0 Å². The SMILES string of the molecule is CCNC(c1ccc(C)c(F)c1F)C(C)CC. The fourth-order valence-corrected chi connectivity index (χ4v) is 1.97. The molecule has 17 heavy (non-hydrogen) atoms. The van der Waals surface area contributed by atoms with Crippen LogP contribution in [0.25, 0.3) is 0 Å². The number of aryl methyl sites for hydroxylation is 1. The molecule has 0 aromatic heterocycles. The summed E-state index contributed by atoms with van der Waals surface area (Å²) in [6, 6.07) is 3.20. The number of halogens is 2. The van der Waals surface area contributed by atoms with Crippen molar-refractivity contribution in [2.24, 2.45) is 5.92 Å². The van der Waals surface area contributed by atoms with Crippen LogP contribution < -0.4 is 5.32 Å². The fourth-order valence-electron chi connectivity index (χ4n) is 1.97. The van der Waals surface area contributed by atoms with E-state index in [1.54, 1.807) is 19.1 Å². The summed E-state index contributed by atoms with van der Waals surface area (Å²) in [5.74, 6) is -1.17. The molecule has 0 aliphatic heterocycles. The van der Waals surface area contributed by atoms with E-state index in [-0.39, 0.29) is 12.0 Å². The van der Waals surface area contributed by atoms with Gasteiger partial charge >= 0.3 is 0 Å². The number of rotatable bonds is 5. The molecule has 0 fully saturated rings. The maximum atomic E-state index is 13.9. The van der Waals surface area contributed by atoms with Gasteiger partial charge in [-0.25, -0.2) is 8.78 Å². The molecule has 0 spiro atoms. The maximum Gasteiger partial charge on any atom is 0.163 e. The van der Waals surface area contributed by atoms with Crippen molar-refractivity contribution in [3.63, 3.8) is 0 Å². The molecule has 0 saturated heterocycles. The monoisotopic (exact) mass is 241 g/mol. The normalized spacial score (nSPS) is 14.7. The summed E-state index contributed by atoms with van der Waals surface area (Å²) in [6.07, 6.45) is 0.923. The largest absolute Gasteiger partial charge is 0.310 e. The van der Waals surface area contributed by atoms with Crippen molar-refractivity contribution in [3.05, 3.63) is 34.9 Å². The first-order valence-corrected chi connectivity index (χ1v) is 6.20. The van der Waals surface area contributed by atoms with Gasteiger partial charge in [0.1, 0.15) is 0 Å². The van der Waals surface area contributed by atoms with E-state index >= 15 is 0 Å². The first-order valence-electron chi connectivity index (χ1n) is 6.20. The first kappa shape index (κ1) is 14.1. The summed E-state index contributed by atoms with van der Waals surface area (Å²) in [4.78, 5) is 0. The van der Waals surface area contributed by atoms with Gasteiger partial charge in [0, 0.05) is 11.6 Å². The Morgan fingerprint density at radius 3 is 2.35 bits per heavy atom. The lowest BCUT2D eigenvalue weighted by Gasteiger charge is -2.25. The van der Waals surface area contributed by atoms with Crippen molar-refractivity contribution in [1.82, 2.24) is 5.32 Å². The average Bonchev–Trinajstić information content (AvgIpc) is 2.33. The van der Waals surface area contributed by atoms with Gasteiger partial charge in [-0.15, -0.1) is 0 Å². The number of hydrogen-bond donors (Lipinski definition) is 1. The molecule has 1 aromatic carbocycles. The van der Waals surface area contributed by atoms with Crippen molar-refractivity contribution in [1.29, 1.82) is 0 Å². The molecule has 0 bridgehead atoms. The van der Waals surface area contributed by atoms with Gasteiger partial charge in [-0.3, -0.25) is 0 Å². The minimum absolute atomic E-state index is 0.125. The molecule has 0 aliphatic carbocycles. The van der Waals surface area contributed by atoms with Crippen LogP contribution in [0.5, 0.6) is 0 Å². The highest BCUT2D eigenvalue weighted by molar-refractivity contribution is 5.28. The molecule has 3 heteroatoms. The molecule has 0 heterocycles.